The second kappa shape index (κ2) is 13.1. The van der Waals surface area contributed by atoms with Crippen molar-refractivity contribution in [2.45, 2.75) is 45.6 Å². The Hall–Kier alpha value is -4.97. The van der Waals surface area contributed by atoms with Gasteiger partial charge in [-0.3, -0.25) is 4.90 Å². The zero-order valence-electron chi connectivity index (χ0n) is 25.5. The number of carbonyl (C=O) groups excluding carboxylic acids is 1. The summed E-state index contributed by atoms with van der Waals surface area (Å²) in [7, 11) is 3.45. The first-order chi connectivity index (χ1) is 21.1. The monoisotopic (exact) mass is 599 g/mol. The van der Waals surface area contributed by atoms with Gasteiger partial charge in [0.25, 0.3) is 0 Å². The van der Waals surface area contributed by atoms with Gasteiger partial charge in [-0.2, -0.15) is 4.98 Å². The number of aromatic nitrogens is 4. The van der Waals surface area contributed by atoms with Crippen molar-refractivity contribution < 1.29 is 23.8 Å². The molecule has 1 amide bonds. The largest absolute Gasteiger partial charge is 0.478 e. The quantitative estimate of drug-likeness (QED) is 0.142. The molecule has 0 aliphatic rings. The van der Waals surface area contributed by atoms with Gasteiger partial charge in [0.05, 0.1) is 12.2 Å². The van der Waals surface area contributed by atoms with Crippen molar-refractivity contribution in [3.63, 3.8) is 0 Å². The van der Waals surface area contributed by atoms with Gasteiger partial charge >= 0.3 is 6.09 Å². The molecule has 1 aromatic carbocycles. The highest BCUT2D eigenvalue weighted by atomic mass is 16.6. The third-order valence-electron chi connectivity index (χ3n) is 6.70. The summed E-state index contributed by atoms with van der Waals surface area (Å²) >= 11 is 0. The minimum absolute atomic E-state index is 0.185. The van der Waals surface area contributed by atoms with Crippen LogP contribution in [0.25, 0.3) is 33.3 Å². The molecule has 0 fully saturated rings. The zero-order chi connectivity index (χ0) is 31.3. The van der Waals surface area contributed by atoms with Crippen LogP contribution >= 0.6 is 0 Å². The molecule has 0 bridgehead atoms. The van der Waals surface area contributed by atoms with E-state index in [1.807, 2.05) is 39.0 Å². The van der Waals surface area contributed by atoms with E-state index in [4.69, 9.17) is 24.0 Å². The number of nitrogens with one attached hydrogen (secondary N) is 2. The summed E-state index contributed by atoms with van der Waals surface area (Å²) in [5.41, 5.74) is 1.84. The summed E-state index contributed by atoms with van der Waals surface area (Å²) in [6.45, 7) is 6.19. The molecule has 0 aliphatic carbocycles. The third-order valence-corrected chi connectivity index (χ3v) is 6.70. The lowest BCUT2D eigenvalue weighted by Crippen LogP contribution is -2.34. The van der Waals surface area contributed by atoms with E-state index in [-0.39, 0.29) is 6.61 Å². The van der Waals surface area contributed by atoms with Crippen molar-refractivity contribution in [1.29, 1.82) is 0 Å². The van der Waals surface area contributed by atoms with Crippen LogP contribution in [-0.4, -0.2) is 64.0 Å². The van der Waals surface area contributed by atoms with Crippen molar-refractivity contribution in [3.05, 3.63) is 54.9 Å². The van der Waals surface area contributed by atoms with Crippen molar-refractivity contribution in [2.75, 3.05) is 42.8 Å². The molecule has 0 radical (unpaired) electrons. The molecular formula is C32H37N7O5. The summed E-state index contributed by atoms with van der Waals surface area (Å²) < 4.78 is 17.4. The Morgan fingerprint density at radius 2 is 1.84 bits per heavy atom. The van der Waals surface area contributed by atoms with E-state index < -0.39 is 11.7 Å². The molecule has 5 rings (SSSR count). The minimum Gasteiger partial charge on any atom is -0.478 e. The predicted molar refractivity (Wildman–Crippen MR) is 171 cm³/mol. The fraction of sp³-hybridized carbons (Fsp3) is 0.344. The van der Waals surface area contributed by atoms with Crippen molar-refractivity contribution >= 4 is 51.1 Å². The van der Waals surface area contributed by atoms with Gasteiger partial charge in [-0.25, -0.2) is 19.7 Å². The molecule has 5 aromatic rings. The van der Waals surface area contributed by atoms with Gasteiger partial charge in [0, 0.05) is 55.6 Å². The van der Waals surface area contributed by atoms with Crippen LogP contribution in [0, 0.1) is 0 Å². The first-order valence-electron chi connectivity index (χ1n) is 14.5. The van der Waals surface area contributed by atoms with E-state index >= 15 is 0 Å². The van der Waals surface area contributed by atoms with Crippen LogP contribution in [0.4, 0.5) is 27.9 Å². The van der Waals surface area contributed by atoms with E-state index in [0.29, 0.717) is 58.2 Å². The average molecular weight is 600 g/mol. The number of fused-ring (bicyclic) bond motifs is 2. The minimum atomic E-state index is -0.611. The van der Waals surface area contributed by atoms with Crippen LogP contribution in [0.3, 0.4) is 0 Å². The first-order valence-corrected chi connectivity index (χ1v) is 14.5. The number of ether oxygens (including phenoxy) is 2. The maximum atomic E-state index is 12.6. The number of oxazole rings is 1. The second-order valence-corrected chi connectivity index (χ2v) is 11.2. The number of rotatable bonds is 11. The molecule has 3 N–H and O–H groups in total. The van der Waals surface area contributed by atoms with Gasteiger partial charge < -0.3 is 29.6 Å². The molecule has 12 heteroatoms. The van der Waals surface area contributed by atoms with Crippen molar-refractivity contribution in [1.82, 2.24) is 19.9 Å². The number of hydrogen-bond donors (Lipinski definition) is 3. The molecule has 44 heavy (non-hydrogen) atoms. The third kappa shape index (κ3) is 7.14. The molecule has 4 heterocycles. The molecule has 0 spiro atoms. The maximum absolute atomic E-state index is 12.6. The highest BCUT2D eigenvalue weighted by Gasteiger charge is 2.22. The van der Waals surface area contributed by atoms with Crippen LogP contribution in [-0.2, 0) is 4.74 Å². The van der Waals surface area contributed by atoms with E-state index in [1.54, 1.807) is 50.8 Å². The van der Waals surface area contributed by atoms with Crippen molar-refractivity contribution in [3.8, 4) is 17.3 Å². The van der Waals surface area contributed by atoms with E-state index in [0.717, 1.165) is 30.0 Å². The summed E-state index contributed by atoms with van der Waals surface area (Å²) in [4.78, 5) is 32.5. The summed E-state index contributed by atoms with van der Waals surface area (Å²) in [6, 6.07) is 12.7. The molecule has 4 aromatic heterocycles. The predicted octanol–water partition coefficient (Wildman–Crippen LogP) is 6.53. The Labute approximate surface area is 255 Å². The Morgan fingerprint density at radius 3 is 2.61 bits per heavy atom. The molecule has 230 valence electrons. The standard InChI is InChI=1S/C32H37N7O5/c1-32(2,3)44-31(41)39(5)20-12-13-25-24(16-20)36-30(43-25)23-19-35-29(33-4)22-18-34-27(17-21(22)23)37-26-10-9-11-28(38-26)42-15-8-6-7-14-40/h9-13,16-19,40H,6-8,14-15H2,1-5H3,(H,33,35)(H,34,37,38). The molecule has 0 unspecified atom stereocenters. The van der Waals surface area contributed by atoms with E-state index in [1.165, 1.54) is 4.90 Å². The summed E-state index contributed by atoms with van der Waals surface area (Å²) in [5, 5.41) is 16.9. The van der Waals surface area contributed by atoms with Gasteiger partial charge in [-0.15, -0.1) is 0 Å². The first kappa shape index (κ1) is 30.5. The normalized spacial score (nSPS) is 11.5. The number of aliphatic hydroxyl groups excluding tert-OH is 1. The maximum Gasteiger partial charge on any atom is 0.414 e. The number of aliphatic hydroxyl groups is 1. The lowest BCUT2D eigenvalue weighted by Gasteiger charge is -2.24. The number of amides is 1. The number of nitrogens with zero attached hydrogens (tertiary/aromatic N) is 5. The highest BCUT2D eigenvalue weighted by Crippen LogP contribution is 2.35. The number of benzene rings is 1. The van der Waals surface area contributed by atoms with Gasteiger partial charge in [-0.1, -0.05) is 6.07 Å². The highest BCUT2D eigenvalue weighted by molar-refractivity contribution is 6.02. The SMILES string of the molecule is CNc1ncc(-c2nc3cc(N(C)C(=O)OC(C)(C)C)ccc3o2)c2cc(Nc3cccc(OCCCCCO)n3)ncc12. The van der Waals surface area contributed by atoms with Crippen LogP contribution in [0.2, 0.25) is 0 Å². The van der Waals surface area contributed by atoms with Crippen LogP contribution in [0.1, 0.15) is 40.0 Å². The molecule has 0 saturated heterocycles. The zero-order valence-corrected chi connectivity index (χ0v) is 25.5. The summed E-state index contributed by atoms with van der Waals surface area (Å²) in [5.74, 6) is 2.69. The van der Waals surface area contributed by atoms with Gasteiger partial charge in [0.2, 0.25) is 11.8 Å². The van der Waals surface area contributed by atoms with Crippen LogP contribution in [0.5, 0.6) is 5.88 Å². The van der Waals surface area contributed by atoms with Crippen LogP contribution < -0.4 is 20.3 Å². The molecule has 0 aliphatic heterocycles. The van der Waals surface area contributed by atoms with Gasteiger partial charge in [0.15, 0.2) is 5.58 Å². The Bertz CT molecular complexity index is 1770. The van der Waals surface area contributed by atoms with Crippen molar-refractivity contribution in [2.24, 2.45) is 0 Å². The lowest BCUT2D eigenvalue weighted by molar-refractivity contribution is 0.0589. The Morgan fingerprint density at radius 1 is 1.00 bits per heavy atom. The Balaban J connectivity index is 1.43. The topological polar surface area (TPSA) is 148 Å². The van der Waals surface area contributed by atoms with Crippen LogP contribution in [0.15, 0.2) is 59.3 Å². The average Bonchev–Trinajstić information content (AvgIpc) is 3.42. The number of carbonyl (C=O) groups is 1. The summed E-state index contributed by atoms with van der Waals surface area (Å²) in [6.07, 6.45) is 5.47. The number of hydrogen-bond acceptors (Lipinski definition) is 11. The smallest absolute Gasteiger partial charge is 0.414 e. The number of pyridine rings is 3. The van der Waals surface area contributed by atoms with Gasteiger partial charge in [0.1, 0.15) is 28.6 Å². The fourth-order valence-electron chi connectivity index (χ4n) is 4.51. The fourth-order valence-corrected chi connectivity index (χ4v) is 4.51. The second-order valence-electron chi connectivity index (χ2n) is 11.2. The Kier molecular flexibility index (Phi) is 9.09. The number of anilines is 4. The van der Waals surface area contributed by atoms with E-state index in [2.05, 4.69) is 25.6 Å². The number of unbranched alkanes of at least 4 members (excludes halogenated alkanes) is 2. The van der Waals surface area contributed by atoms with Gasteiger partial charge in [-0.05, 0) is 70.4 Å². The molecule has 0 atom stereocenters. The molecular weight excluding hydrogens is 562 g/mol. The lowest BCUT2D eigenvalue weighted by atomic mass is 10.1. The van der Waals surface area contributed by atoms with E-state index in [9.17, 15) is 4.79 Å². The molecule has 12 nitrogen and oxygen atoms in total. The molecule has 0 saturated carbocycles.